The van der Waals surface area contributed by atoms with Crippen LogP contribution in [0.2, 0.25) is 0 Å². The lowest BCUT2D eigenvalue weighted by Crippen LogP contribution is -2.44. The van der Waals surface area contributed by atoms with Gasteiger partial charge in [-0.25, -0.2) is 0 Å². The number of carboxylic acid groups (broad SMARTS) is 1. The Kier molecular flexibility index (Phi) is 80.8. The zero-order chi connectivity index (χ0) is 75.3. The highest BCUT2D eigenvalue weighted by Gasteiger charge is 2.22. The van der Waals surface area contributed by atoms with E-state index in [1.807, 2.05) is 21.1 Å². The van der Waals surface area contributed by atoms with Crippen LogP contribution in [0, 0.1) is 0 Å². The average Bonchev–Trinajstić information content (AvgIpc) is 0.971. The molecule has 0 saturated carbocycles. The molecule has 0 aromatic rings. The zero-order valence-electron chi connectivity index (χ0n) is 68.9. The van der Waals surface area contributed by atoms with Gasteiger partial charge in [0.25, 0.3) is 0 Å². The van der Waals surface area contributed by atoms with Crippen molar-refractivity contribution in [3.05, 3.63) is 122 Å². The van der Waals surface area contributed by atoms with E-state index in [0.717, 1.165) is 109 Å². The van der Waals surface area contributed by atoms with Gasteiger partial charge < -0.3 is 33.3 Å². The summed E-state index contributed by atoms with van der Waals surface area (Å²) >= 11 is 0. The van der Waals surface area contributed by atoms with E-state index in [2.05, 4.69) is 135 Å². The van der Waals surface area contributed by atoms with E-state index in [1.165, 1.54) is 263 Å². The Morgan fingerprint density at radius 1 is 0.298 bits per heavy atom. The Morgan fingerprint density at radius 3 is 0.817 bits per heavy atom. The summed E-state index contributed by atoms with van der Waals surface area (Å²) in [7, 11) is 5.94. The molecule has 0 saturated heterocycles. The van der Waals surface area contributed by atoms with E-state index in [0.29, 0.717) is 23.9 Å². The summed E-state index contributed by atoms with van der Waals surface area (Å²) in [5.74, 6) is -2.27. The third-order valence-corrected chi connectivity index (χ3v) is 19.5. The molecule has 0 aliphatic rings. The molecule has 600 valence electrons. The number of hydrogen-bond acceptors (Lipinski definition) is 8. The van der Waals surface area contributed by atoms with E-state index in [4.69, 9.17) is 18.9 Å². The van der Waals surface area contributed by atoms with Crippen molar-refractivity contribution in [1.29, 1.82) is 0 Å². The number of allylic oxidation sites excluding steroid dienone is 20. The van der Waals surface area contributed by atoms with Crippen LogP contribution in [0.1, 0.15) is 406 Å². The van der Waals surface area contributed by atoms with Crippen LogP contribution in [0.25, 0.3) is 0 Å². The van der Waals surface area contributed by atoms with E-state index in [9.17, 15) is 19.5 Å². The highest BCUT2D eigenvalue weighted by atomic mass is 16.7. The minimum atomic E-state index is -1.63. The summed E-state index contributed by atoms with van der Waals surface area (Å²) in [6, 6.07) is 0. The fourth-order valence-electron chi connectivity index (χ4n) is 12.8. The van der Waals surface area contributed by atoms with Gasteiger partial charge in [0.1, 0.15) is 13.2 Å². The number of carboxylic acids is 1. The molecule has 0 aromatic carbocycles. The summed E-state index contributed by atoms with van der Waals surface area (Å²) in [5.41, 5.74) is 0. The minimum absolute atomic E-state index is 0.144. The lowest BCUT2D eigenvalue weighted by molar-refractivity contribution is -0.870. The van der Waals surface area contributed by atoms with Crippen molar-refractivity contribution in [2.75, 3.05) is 47.5 Å². The maximum absolute atomic E-state index is 13.0. The van der Waals surface area contributed by atoms with Gasteiger partial charge in [-0.1, -0.05) is 424 Å². The number of aliphatic carboxylic acids is 1. The number of unbranched alkanes of at least 4 members (excludes halogenated alkanes) is 47. The number of quaternary nitrogens is 1. The first-order chi connectivity index (χ1) is 51.1. The van der Waals surface area contributed by atoms with Crippen LogP contribution < -0.4 is 5.11 Å². The number of carbonyl (C=O) groups is 3. The molecule has 0 amide bonds. The Balaban J connectivity index is 4.00. The van der Waals surface area contributed by atoms with Crippen molar-refractivity contribution >= 4 is 17.9 Å². The number of ether oxygens (including phenoxy) is 4. The van der Waals surface area contributed by atoms with Gasteiger partial charge in [-0.3, -0.25) is 9.59 Å². The molecule has 0 heterocycles. The molecule has 0 bridgehead atoms. The molecule has 0 aliphatic heterocycles. The van der Waals surface area contributed by atoms with Crippen molar-refractivity contribution in [1.82, 2.24) is 0 Å². The van der Waals surface area contributed by atoms with Crippen LogP contribution in [-0.2, 0) is 33.3 Å². The van der Waals surface area contributed by atoms with Crippen molar-refractivity contribution in [2.24, 2.45) is 0 Å². The van der Waals surface area contributed by atoms with Crippen LogP contribution in [0.5, 0.6) is 0 Å². The first-order valence-electron chi connectivity index (χ1n) is 44.2. The maximum Gasteiger partial charge on any atom is 0.306 e. The van der Waals surface area contributed by atoms with Crippen molar-refractivity contribution < 1.29 is 42.9 Å². The van der Waals surface area contributed by atoms with Crippen LogP contribution in [0.3, 0.4) is 0 Å². The second-order valence-electron chi connectivity index (χ2n) is 30.8. The highest BCUT2D eigenvalue weighted by Crippen LogP contribution is 2.20. The molecule has 2 atom stereocenters. The molecular formula is C95H167NO8. The van der Waals surface area contributed by atoms with Crippen molar-refractivity contribution in [3.63, 3.8) is 0 Å². The molecule has 0 rings (SSSR count). The Bertz CT molecular complexity index is 2140. The summed E-state index contributed by atoms with van der Waals surface area (Å²) in [5, 5.41) is 11.9. The normalized spacial score (nSPS) is 13.2. The molecule has 0 spiro atoms. The van der Waals surface area contributed by atoms with Crippen LogP contribution in [0.15, 0.2) is 122 Å². The predicted octanol–water partition coefficient (Wildman–Crippen LogP) is 27.7. The van der Waals surface area contributed by atoms with Gasteiger partial charge in [-0.2, -0.15) is 0 Å². The summed E-state index contributed by atoms with van der Waals surface area (Å²) in [4.78, 5) is 37.7. The molecule has 2 unspecified atom stereocenters. The molecule has 0 aliphatic carbocycles. The topological polar surface area (TPSA) is 111 Å². The highest BCUT2D eigenvalue weighted by molar-refractivity contribution is 5.70. The Morgan fingerprint density at radius 2 is 0.548 bits per heavy atom. The second kappa shape index (κ2) is 84.3. The van der Waals surface area contributed by atoms with Gasteiger partial charge in [0.05, 0.1) is 40.3 Å². The van der Waals surface area contributed by atoms with E-state index in [1.54, 1.807) is 0 Å². The molecule has 104 heavy (non-hydrogen) atoms. The number of rotatable bonds is 82. The maximum atomic E-state index is 13.0. The second-order valence-corrected chi connectivity index (χ2v) is 30.8. The Hall–Kier alpha value is -4.31. The first-order valence-corrected chi connectivity index (χ1v) is 44.2. The Labute approximate surface area is 644 Å². The fourth-order valence-corrected chi connectivity index (χ4v) is 12.8. The third-order valence-electron chi connectivity index (χ3n) is 19.5. The average molecular weight is 1450 g/mol. The van der Waals surface area contributed by atoms with Crippen LogP contribution in [-0.4, -0.2) is 82.3 Å². The number of carbonyl (C=O) groups excluding carboxylic acids is 3. The number of nitrogens with zero attached hydrogens (tertiary/aromatic N) is 1. The molecule has 9 heteroatoms. The van der Waals surface area contributed by atoms with Gasteiger partial charge in [-0.05, 0) is 89.9 Å². The van der Waals surface area contributed by atoms with Gasteiger partial charge in [0.15, 0.2) is 12.4 Å². The molecule has 0 aromatic heterocycles. The number of hydrogen-bond donors (Lipinski definition) is 0. The lowest BCUT2D eigenvalue weighted by Gasteiger charge is -2.26. The smallest absolute Gasteiger partial charge is 0.306 e. The van der Waals surface area contributed by atoms with Gasteiger partial charge >= 0.3 is 11.9 Å². The van der Waals surface area contributed by atoms with E-state index >= 15 is 0 Å². The molecule has 0 radical (unpaired) electrons. The summed E-state index contributed by atoms with van der Waals surface area (Å²) in [6.45, 7) is 4.68. The summed E-state index contributed by atoms with van der Waals surface area (Å²) in [6.07, 6.45) is 118. The standard InChI is InChI=1S/C95H167NO8/c1-6-8-10-12-14-16-18-20-22-24-26-28-30-32-34-36-38-40-42-44-46-47-48-50-52-54-56-58-60-62-64-66-68-70-72-74-76-78-80-82-84-86-93(98)104-91(90-103-95(94(99)100)101-88-87-96(3,4)5)89-102-92(97)85-83-81-79-77-75-73-71-69-67-65-63-61-59-57-55-53-51-49-45-43-41-39-37-35-33-31-29-27-25-23-21-19-17-15-13-11-9-7-2/h8,10,14,16,20,22,26,28,32,34,38,40,44,46,48,50,54,56,60,62,91,95H,6-7,9,11-13,15,17-19,21,23-25,27,29-31,33,35-37,39,41-43,45,47,49,51-53,55,57-59,61,63-90H2,1-5H3/b10-8-,16-14-,22-20-,28-26-,34-32-,40-38-,46-44-,50-48-,56-54-,62-60-. The molecule has 0 fully saturated rings. The summed E-state index contributed by atoms with van der Waals surface area (Å²) < 4.78 is 22.9. The predicted molar refractivity (Wildman–Crippen MR) is 449 cm³/mol. The van der Waals surface area contributed by atoms with Gasteiger partial charge in [-0.15, -0.1) is 0 Å². The van der Waals surface area contributed by atoms with Crippen LogP contribution >= 0.6 is 0 Å². The molecular weight excluding hydrogens is 1280 g/mol. The molecule has 0 N–H and O–H groups in total. The lowest BCUT2D eigenvalue weighted by atomic mass is 10.0. The van der Waals surface area contributed by atoms with Gasteiger partial charge in [0.2, 0.25) is 0 Å². The monoisotopic (exact) mass is 1450 g/mol. The quantitative estimate of drug-likeness (QED) is 0.0195. The van der Waals surface area contributed by atoms with Crippen molar-refractivity contribution in [2.45, 2.75) is 418 Å². The first kappa shape index (κ1) is 99.7. The largest absolute Gasteiger partial charge is 0.545 e. The third kappa shape index (κ3) is 84.9. The fraction of sp³-hybridized carbons (Fsp3) is 0.758. The number of likely N-dealkylation sites (N-methyl/N-ethyl adjacent to an activating group) is 1. The van der Waals surface area contributed by atoms with Gasteiger partial charge in [0, 0.05) is 12.8 Å². The van der Waals surface area contributed by atoms with Crippen molar-refractivity contribution in [3.8, 4) is 0 Å². The van der Waals surface area contributed by atoms with Crippen LogP contribution in [0.4, 0.5) is 0 Å². The van der Waals surface area contributed by atoms with E-state index in [-0.39, 0.29) is 32.2 Å². The number of esters is 2. The van der Waals surface area contributed by atoms with E-state index < -0.39 is 24.3 Å². The minimum Gasteiger partial charge on any atom is -0.545 e. The molecule has 9 nitrogen and oxygen atoms in total. The SMILES string of the molecule is CC/C=C\C/C=C\C/C=C\C/C=C\C/C=C\C/C=C\C/C=C\C/C=C\C/C=C\C/C=C\CCCCCCCCCCCCC(=O)OC(COC(=O)CCCCCCCCCCCCCCCCCCCCCCCCCCCCCCCCCCCCCCCC)COC(OCC[N+](C)(C)C)C(=O)[O-]. The zero-order valence-corrected chi connectivity index (χ0v) is 68.9.